The third-order valence-electron chi connectivity index (χ3n) is 3.54. The number of ether oxygens (including phenoxy) is 1. The Kier molecular flexibility index (Phi) is 6.62. The Morgan fingerprint density at radius 3 is 2.86 bits per heavy atom. The van der Waals surface area contributed by atoms with Crippen LogP contribution in [0.25, 0.3) is 0 Å². The van der Waals surface area contributed by atoms with Crippen LogP contribution in [0.2, 0.25) is 0 Å². The van der Waals surface area contributed by atoms with Crippen molar-refractivity contribution in [1.82, 2.24) is 10.1 Å². The summed E-state index contributed by atoms with van der Waals surface area (Å²) in [6.45, 7) is 1.27. The minimum atomic E-state index is -0.687. The second kappa shape index (κ2) is 9.34. The Bertz CT molecular complexity index is 1050. The fourth-order valence-electron chi connectivity index (χ4n) is 2.26. The number of hydrogen-bond donors (Lipinski definition) is 2. The van der Waals surface area contributed by atoms with Crippen LogP contribution in [-0.2, 0) is 15.3 Å². The van der Waals surface area contributed by atoms with Crippen molar-refractivity contribution in [2.45, 2.75) is 17.7 Å². The quantitative estimate of drug-likeness (QED) is 0.409. The number of esters is 1. The third kappa shape index (κ3) is 5.42. The van der Waals surface area contributed by atoms with Crippen molar-refractivity contribution < 1.29 is 23.6 Å². The first-order chi connectivity index (χ1) is 13.9. The summed E-state index contributed by atoms with van der Waals surface area (Å²) in [5, 5.41) is 8.78. The van der Waals surface area contributed by atoms with Crippen molar-refractivity contribution in [3.8, 4) is 0 Å². The average molecular weight is 432 g/mol. The minimum absolute atomic E-state index is 0.198. The molecule has 9 nitrogen and oxygen atoms in total. The highest BCUT2D eigenvalue weighted by Gasteiger charge is 2.18. The van der Waals surface area contributed by atoms with Gasteiger partial charge in [-0.25, -0.2) is 9.78 Å². The van der Waals surface area contributed by atoms with Crippen molar-refractivity contribution in [3.05, 3.63) is 58.4 Å². The van der Waals surface area contributed by atoms with Gasteiger partial charge >= 0.3 is 5.97 Å². The van der Waals surface area contributed by atoms with Gasteiger partial charge in [-0.1, -0.05) is 16.9 Å². The van der Waals surface area contributed by atoms with E-state index in [1.807, 2.05) is 0 Å². The van der Waals surface area contributed by atoms with Crippen LogP contribution in [0, 0.1) is 6.92 Å². The molecular formula is C18H16N4O5S2. The summed E-state index contributed by atoms with van der Waals surface area (Å²) in [6, 6.07) is 6.47. The number of nitrogens with two attached hydrogens (primary N) is 1. The number of nitrogens with one attached hydrogen (secondary N) is 1. The zero-order chi connectivity index (χ0) is 20.8. The lowest BCUT2D eigenvalue weighted by molar-refractivity contribution is -0.119. The molecule has 0 atom stereocenters. The average Bonchev–Trinajstić information content (AvgIpc) is 3.33. The number of thiophene rings is 1. The fourth-order valence-corrected chi connectivity index (χ4v) is 3.93. The van der Waals surface area contributed by atoms with E-state index in [2.05, 4.69) is 15.5 Å². The van der Waals surface area contributed by atoms with Gasteiger partial charge in [0.25, 0.3) is 11.8 Å². The molecule has 0 spiro atoms. The number of carbonyl (C=O) groups excluding carboxylic acids is 3. The maximum absolute atomic E-state index is 12.4. The summed E-state index contributed by atoms with van der Waals surface area (Å²) in [5.74, 6) is -0.771. The van der Waals surface area contributed by atoms with Crippen molar-refractivity contribution >= 4 is 45.9 Å². The molecule has 2 amide bonds. The lowest BCUT2D eigenvalue weighted by Crippen LogP contribution is -2.22. The molecule has 0 radical (unpaired) electrons. The van der Waals surface area contributed by atoms with E-state index in [4.69, 9.17) is 15.0 Å². The molecule has 3 heterocycles. The van der Waals surface area contributed by atoms with E-state index in [0.29, 0.717) is 21.5 Å². The van der Waals surface area contributed by atoms with Crippen LogP contribution >= 0.6 is 23.1 Å². The standard InChI is InChI=1S/C18H16N4O5S2/c1-10-7-11(22-27-10)9-29-16-13(3-2-5-20-16)18(25)26-8-14(23)21-17-12(15(19)24)4-6-28-17/h2-7H,8-9H2,1H3,(H2,19,24)(H,21,23). The zero-order valence-electron chi connectivity index (χ0n) is 15.2. The first-order valence-corrected chi connectivity index (χ1v) is 10.1. The predicted octanol–water partition coefficient (Wildman–Crippen LogP) is 2.63. The number of anilines is 1. The number of rotatable bonds is 8. The highest BCUT2D eigenvalue weighted by molar-refractivity contribution is 7.98. The summed E-state index contributed by atoms with van der Waals surface area (Å²) in [4.78, 5) is 39.9. The summed E-state index contributed by atoms with van der Waals surface area (Å²) in [7, 11) is 0. The van der Waals surface area contributed by atoms with Gasteiger partial charge in [-0.05, 0) is 30.5 Å². The molecule has 11 heteroatoms. The molecule has 0 aliphatic carbocycles. The molecule has 29 heavy (non-hydrogen) atoms. The van der Waals surface area contributed by atoms with E-state index in [0.717, 1.165) is 17.0 Å². The molecule has 3 rings (SSSR count). The molecule has 0 aromatic carbocycles. The van der Waals surface area contributed by atoms with Gasteiger partial charge < -0.3 is 20.3 Å². The molecule has 3 aromatic rings. The maximum Gasteiger partial charge on any atom is 0.341 e. The highest BCUT2D eigenvalue weighted by atomic mass is 32.2. The molecule has 0 unspecified atom stereocenters. The Morgan fingerprint density at radius 2 is 2.14 bits per heavy atom. The second-order valence-corrected chi connectivity index (χ2v) is 7.61. The molecule has 0 saturated carbocycles. The molecule has 0 fully saturated rings. The molecule has 0 aliphatic rings. The van der Waals surface area contributed by atoms with Crippen LogP contribution in [0.4, 0.5) is 5.00 Å². The van der Waals surface area contributed by atoms with Gasteiger partial charge in [0.2, 0.25) is 0 Å². The zero-order valence-corrected chi connectivity index (χ0v) is 16.8. The van der Waals surface area contributed by atoms with Gasteiger partial charge in [0.05, 0.1) is 16.8 Å². The Morgan fingerprint density at radius 1 is 1.31 bits per heavy atom. The van der Waals surface area contributed by atoms with Crippen molar-refractivity contribution in [3.63, 3.8) is 0 Å². The number of nitrogens with zero attached hydrogens (tertiary/aromatic N) is 2. The number of thioether (sulfide) groups is 1. The summed E-state index contributed by atoms with van der Waals surface area (Å²) in [5.41, 5.74) is 6.39. The summed E-state index contributed by atoms with van der Waals surface area (Å²) >= 11 is 2.45. The highest BCUT2D eigenvalue weighted by Crippen LogP contribution is 2.25. The number of hydrogen-bond acceptors (Lipinski definition) is 9. The molecule has 0 aliphatic heterocycles. The first-order valence-electron chi connectivity index (χ1n) is 8.28. The molecule has 0 saturated heterocycles. The van der Waals surface area contributed by atoms with Crippen LogP contribution in [0.3, 0.4) is 0 Å². The smallest absolute Gasteiger partial charge is 0.341 e. The van der Waals surface area contributed by atoms with Crippen LogP contribution in [0.15, 0.2) is 45.4 Å². The van der Waals surface area contributed by atoms with E-state index >= 15 is 0 Å². The predicted molar refractivity (Wildman–Crippen MR) is 107 cm³/mol. The summed E-state index contributed by atoms with van der Waals surface area (Å²) < 4.78 is 10.1. The number of pyridine rings is 1. The lowest BCUT2D eigenvalue weighted by atomic mass is 10.3. The molecule has 3 N–H and O–H groups in total. The summed E-state index contributed by atoms with van der Waals surface area (Å²) in [6.07, 6.45) is 1.56. The number of aromatic nitrogens is 2. The van der Waals surface area contributed by atoms with E-state index in [1.54, 1.807) is 36.7 Å². The SMILES string of the molecule is Cc1cc(CSc2ncccc2C(=O)OCC(=O)Nc2sccc2C(N)=O)no1. The monoisotopic (exact) mass is 432 g/mol. The van der Waals surface area contributed by atoms with E-state index in [-0.39, 0.29) is 11.1 Å². The molecule has 3 aromatic heterocycles. The van der Waals surface area contributed by atoms with E-state index in [9.17, 15) is 14.4 Å². The van der Waals surface area contributed by atoms with Gasteiger partial charge in [0.15, 0.2) is 6.61 Å². The Balaban J connectivity index is 1.58. The largest absolute Gasteiger partial charge is 0.452 e. The fraction of sp³-hybridized carbons (Fsp3) is 0.167. The van der Waals surface area contributed by atoms with Gasteiger partial charge in [-0.15, -0.1) is 11.3 Å². The van der Waals surface area contributed by atoms with Crippen molar-refractivity contribution in [1.29, 1.82) is 0 Å². The van der Waals surface area contributed by atoms with Crippen molar-refractivity contribution in [2.24, 2.45) is 5.73 Å². The number of carbonyl (C=O) groups is 3. The maximum atomic E-state index is 12.4. The Hall–Kier alpha value is -3.18. The molecule has 0 bridgehead atoms. The number of amides is 2. The first kappa shape index (κ1) is 20.6. The number of aryl methyl sites for hydroxylation is 1. The van der Waals surface area contributed by atoms with Gasteiger partial charge in [0.1, 0.15) is 15.8 Å². The van der Waals surface area contributed by atoms with Crippen LogP contribution in [-0.4, -0.2) is 34.5 Å². The third-order valence-corrected chi connectivity index (χ3v) is 5.41. The number of primary amides is 1. The van der Waals surface area contributed by atoms with Gasteiger partial charge in [-0.2, -0.15) is 0 Å². The molecular weight excluding hydrogens is 416 g/mol. The minimum Gasteiger partial charge on any atom is -0.452 e. The Labute approximate surface area is 173 Å². The van der Waals surface area contributed by atoms with Crippen LogP contribution in [0.5, 0.6) is 0 Å². The normalized spacial score (nSPS) is 10.5. The second-order valence-electron chi connectivity index (χ2n) is 5.73. The van der Waals surface area contributed by atoms with Gasteiger partial charge in [0, 0.05) is 18.0 Å². The molecule has 150 valence electrons. The van der Waals surface area contributed by atoms with Gasteiger partial charge in [-0.3, -0.25) is 9.59 Å². The van der Waals surface area contributed by atoms with Crippen LogP contribution < -0.4 is 11.1 Å². The van der Waals surface area contributed by atoms with E-state index in [1.165, 1.54) is 17.8 Å². The van der Waals surface area contributed by atoms with E-state index < -0.39 is 24.4 Å². The lowest BCUT2D eigenvalue weighted by Gasteiger charge is -2.08. The topological polar surface area (TPSA) is 137 Å². The van der Waals surface area contributed by atoms with Crippen LogP contribution in [0.1, 0.15) is 32.2 Å². The van der Waals surface area contributed by atoms with Crippen molar-refractivity contribution in [2.75, 3.05) is 11.9 Å².